The minimum absolute atomic E-state index is 0.122. The lowest BCUT2D eigenvalue weighted by Gasteiger charge is -2.15. The van der Waals surface area contributed by atoms with Gasteiger partial charge in [-0.15, -0.1) is 0 Å². The molecule has 0 aliphatic carbocycles. The molecule has 5 heteroatoms. The first-order valence-electron chi connectivity index (χ1n) is 5.03. The normalized spacial score (nSPS) is 11.0. The van der Waals surface area contributed by atoms with Gasteiger partial charge in [-0.3, -0.25) is 0 Å². The van der Waals surface area contributed by atoms with Crippen molar-refractivity contribution >= 4 is 79.6 Å². The minimum Gasteiger partial charge on any atom is -0.0786 e. The molecule has 0 amide bonds. The second-order valence-electron chi connectivity index (χ2n) is 3.69. The number of halogens is 5. The first-order chi connectivity index (χ1) is 8.49. The zero-order chi connectivity index (χ0) is 13.3. The SMILES string of the molecule is Brc1ccc(Br)c(C(Br)c2cc(Br)ccc2Br)c1. The van der Waals surface area contributed by atoms with Crippen molar-refractivity contribution in [1.29, 1.82) is 0 Å². The minimum atomic E-state index is 0.122. The molecular weight excluding hydrogens is 556 g/mol. The summed E-state index contributed by atoms with van der Waals surface area (Å²) in [6.07, 6.45) is 0. The molecule has 0 N–H and O–H groups in total. The average Bonchev–Trinajstić information content (AvgIpc) is 2.34. The average molecular weight is 563 g/mol. The van der Waals surface area contributed by atoms with Gasteiger partial charge in [0.25, 0.3) is 0 Å². The van der Waals surface area contributed by atoms with Gasteiger partial charge in [-0.05, 0) is 47.5 Å². The van der Waals surface area contributed by atoms with E-state index in [0.29, 0.717) is 0 Å². The highest BCUT2D eigenvalue weighted by molar-refractivity contribution is 9.11. The van der Waals surface area contributed by atoms with Crippen molar-refractivity contribution < 1.29 is 0 Å². The van der Waals surface area contributed by atoms with Crippen LogP contribution in [0.4, 0.5) is 0 Å². The van der Waals surface area contributed by atoms with Crippen molar-refractivity contribution in [3.63, 3.8) is 0 Å². The van der Waals surface area contributed by atoms with Gasteiger partial charge in [-0.2, -0.15) is 0 Å². The third kappa shape index (κ3) is 3.48. The van der Waals surface area contributed by atoms with Gasteiger partial charge in [0.05, 0.1) is 4.83 Å². The summed E-state index contributed by atoms with van der Waals surface area (Å²) < 4.78 is 4.30. The predicted molar refractivity (Wildman–Crippen MR) is 94.5 cm³/mol. The first kappa shape index (κ1) is 15.2. The lowest BCUT2D eigenvalue weighted by molar-refractivity contribution is 1.14. The van der Waals surface area contributed by atoms with E-state index in [9.17, 15) is 0 Å². The van der Waals surface area contributed by atoms with Gasteiger partial charge in [0.2, 0.25) is 0 Å². The van der Waals surface area contributed by atoms with E-state index in [-0.39, 0.29) is 4.83 Å². The molecule has 0 saturated heterocycles. The Kier molecular flexibility index (Phi) is 5.52. The summed E-state index contributed by atoms with van der Waals surface area (Å²) >= 11 is 18.0. The quantitative estimate of drug-likeness (QED) is 0.339. The Morgan fingerprint density at radius 2 is 1.06 bits per heavy atom. The molecule has 18 heavy (non-hydrogen) atoms. The van der Waals surface area contributed by atoms with Gasteiger partial charge in [0.15, 0.2) is 0 Å². The molecule has 0 fully saturated rings. The van der Waals surface area contributed by atoms with Crippen LogP contribution in [0, 0.1) is 0 Å². The fraction of sp³-hybridized carbons (Fsp3) is 0.0769. The lowest BCUT2D eigenvalue weighted by atomic mass is 10.1. The van der Waals surface area contributed by atoms with Crippen LogP contribution < -0.4 is 0 Å². The summed E-state index contributed by atoms with van der Waals surface area (Å²) in [5.41, 5.74) is 2.37. The van der Waals surface area contributed by atoms with Gasteiger partial charge in [0.1, 0.15) is 0 Å². The molecule has 0 aliphatic rings. The molecule has 0 saturated carbocycles. The van der Waals surface area contributed by atoms with E-state index in [1.807, 2.05) is 24.3 Å². The highest BCUT2D eigenvalue weighted by Crippen LogP contribution is 2.40. The van der Waals surface area contributed by atoms with Gasteiger partial charge in [-0.25, -0.2) is 0 Å². The van der Waals surface area contributed by atoms with Crippen LogP contribution in [0.2, 0.25) is 0 Å². The third-order valence-electron chi connectivity index (χ3n) is 2.46. The van der Waals surface area contributed by atoms with Crippen molar-refractivity contribution in [2.45, 2.75) is 4.83 Å². The smallest absolute Gasteiger partial charge is 0.0667 e. The molecule has 2 aromatic carbocycles. The van der Waals surface area contributed by atoms with Crippen molar-refractivity contribution in [3.05, 3.63) is 65.4 Å². The van der Waals surface area contributed by atoms with E-state index in [1.165, 1.54) is 11.1 Å². The summed E-state index contributed by atoms with van der Waals surface area (Å²) in [5.74, 6) is 0. The molecule has 2 aromatic rings. The maximum Gasteiger partial charge on any atom is 0.0667 e. The monoisotopic (exact) mass is 558 g/mol. The summed E-state index contributed by atoms with van der Waals surface area (Å²) in [6.45, 7) is 0. The largest absolute Gasteiger partial charge is 0.0786 e. The molecule has 0 aliphatic heterocycles. The molecule has 0 radical (unpaired) electrons. The fourth-order valence-electron chi connectivity index (χ4n) is 1.59. The predicted octanol–water partition coefficient (Wildman–Crippen LogP) is 7.22. The maximum absolute atomic E-state index is 3.76. The lowest BCUT2D eigenvalue weighted by Crippen LogP contribution is -1.95. The Morgan fingerprint density at radius 3 is 1.44 bits per heavy atom. The fourth-order valence-corrected chi connectivity index (χ4v) is 4.67. The van der Waals surface area contributed by atoms with E-state index in [1.54, 1.807) is 0 Å². The Hall–Kier alpha value is 0.840. The molecular formula is C13H7Br5. The molecule has 0 nitrogen and oxygen atoms in total. The second-order valence-corrected chi connectivity index (χ2v) is 8.15. The third-order valence-corrected chi connectivity index (χ3v) is 5.88. The Bertz CT molecular complexity index is 528. The van der Waals surface area contributed by atoms with Crippen LogP contribution in [0.1, 0.15) is 16.0 Å². The summed E-state index contributed by atoms with van der Waals surface area (Å²) in [4.78, 5) is 0.122. The number of benzene rings is 2. The van der Waals surface area contributed by atoms with Gasteiger partial charge < -0.3 is 0 Å². The Labute approximate surface area is 148 Å². The zero-order valence-corrected chi connectivity index (χ0v) is 16.9. The highest BCUT2D eigenvalue weighted by Gasteiger charge is 2.16. The van der Waals surface area contributed by atoms with E-state index >= 15 is 0 Å². The van der Waals surface area contributed by atoms with Crippen LogP contribution >= 0.6 is 79.6 Å². The van der Waals surface area contributed by atoms with Crippen LogP contribution in [-0.2, 0) is 0 Å². The molecule has 0 unspecified atom stereocenters. The van der Waals surface area contributed by atoms with E-state index in [2.05, 4.69) is 91.8 Å². The molecule has 0 heterocycles. The highest BCUT2D eigenvalue weighted by atomic mass is 79.9. The molecule has 0 spiro atoms. The topological polar surface area (TPSA) is 0 Å². The summed E-state index contributed by atoms with van der Waals surface area (Å²) in [5, 5.41) is 0. The van der Waals surface area contributed by atoms with Crippen molar-refractivity contribution in [3.8, 4) is 0 Å². The Balaban J connectivity index is 2.50. The van der Waals surface area contributed by atoms with Gasteiger partial charge >= 0.3 is 0 Å². The molecule has 94 valence electrons. The second kappa shape index (κ2) is 6.53. The molecule has 0 aromatic heterocycles. The Morgan fingerprint density at radius 1 is 0.667 bits per heavy atom. The summed E-state index contributed by atoms with van der Waals surface area (Å²) in [6, 6.07) is 12.3. The van der Waals surface area contributed by atoms with E-state index in [0.717, 1.165) is 17.9 Å². The van der Waals surface area contributed by atoms with Crippen LogP contribution in [0.25, 0.3) is 0 Å². The number of rotatable bonds is 2. The van der Waals surface area contributed by atoms with Gasteiger partial charge in [0, 0.05) is 17.9 Å². The van der Waals surface area contributed by atoms with Crippen LogP contribution in [0.3, 0.4) is 0 Å². The molecule has 2 rings (SSSR count). The standard InChI is InChI=1S/C13H7Br5/c14-7-1-3-11(16)9(5-7)13(18)10-6-8(15)2-4-12(10)17/h1-6,13H. The molecule has 0 bridgehead atoms. The van der Waals surface area contributed by atoms with Crippen molar-refractivity contribution in [1.82, 2.24) is 0 Å². The van der Waals surface area contributed by atoms with Crippen LogP contribution in [-0.4, -0.2) is 0 Å². The van der Waals surface area contributed by atoms with E-state index in [4.69, 9.17) is 0 Å². The molecule has 0 atom stereocenters. The zero-order valence-electron chi connectivity index (χ0n) is 8.93. The summed E-state index contributed by atoms with van der Waals surface area (Å²) in [7, 11) is 0. The first-order valence-corrected chi connectivity index (χ1v) is 9.12. The van der Waals surface area contributed by atoms with Crippen LogP contribution in [0.15, 0.2) is 54.3 Å². The van der Waals surface area contributed by atoms with Gasteiger partial charge in [-0.1, -0.05) is 79.6 Å². The number of hydrogen-bond donors (Lipinski definition) is 0. The number of alkyl halides is 1. The maximum atomic E-state index is 3.76. The van der Waals surface area contributed by atoms with Crippen molar-refractivity contribution in [2.75, 3.05) is 0 Å². The van der Waals surface area contributed by atoms with E-state index < -0.39 is 0 Å². The van der Waals surface area contributed by atoms with Crippen LogP contribution in [0.5, 0.6) is 0 Å². The number of hydrogen-bond acceptors (Lipinski definition) is 0. The van der Waals surface area contributed by atoms with Crippen molar-refractivity contribution in [2.24, 2.45) is 0 Å².